The van der Waals surface area contributed by atoms with E-state index in [4.69, 9.17) is 6.42 Å². The minimum atomic E-state index is -0.425. The first-order valence-corrected chi connectivity index (χ1v) is 10.2. The minimum Gasteiger partial charge on any atom is -0.368 e. The van der Waals surface area contributed by atoms with Crippen molar-refractivity contribution in [2.24, 2.45) is 0 Å². The molecule has 0 unspecified atom stereocenters. The van der Waals surface area contributed by atoms with Crippen LogP contribution in [-0.4, -0.2) is 72.9 Å². The number of anilines is 2. The largest absolute Gasteiger partial charge is 0.368 e. The second kappa shape index (κ2) is 10.4. The summed E-state index contributed by atoms with van der Waals surface area (Å²) in [6.07, 6.45) is 5.37. The van der Waals surface area contributed by atoms with Crippen LogP contribution in [0.5, 0.6) is 0 Å². The Morgan fingerprint density at radius 2 is 1.81 bits per heavy atom. The maximum absolute atomic E-state index is 12.6. The Morgan fingerprint density at radius 3 is 2.44 bits per heavy atom. The zero-order valence-electron chi connectivity index (χ0n) is 17.9. The summed E-state index contributed by atoms with van der Waals surface area (Å²) in [5, 5.41) is 13.6. The van der Waals surface area contributed by atoms with Crippen LogP contribution in [0.15, 0.2) is 48.5 Å². The van der Waals surface area contributed by atoms with E-state index in [9.17, 15) is 19.7 Å². The lowest BCUT2D eigenvalue weighted by Gasteiger charge is -2.36. The van der Waals surface area contributed by atoms with E-state index in [-0.39, 0.29) is 30.6 Å². The van der Waals surface area contributed by atoms with E-state index in [0.29, 0.717) is 37.4 Å². The van der Waals surface area contributed by atoms with Crippen molar-refractivity contribution < 1.29 is 14.5 Å². The SMILES string of the molecule is C#Cc1cccc(NC(=O)CN(C)CC(=O)N2CCN(c3ccc([N+](=O)[O-])cc3)CC2)c1. The molecule has 2 amide bonds. The maximum atomic E-state index is 12.6. The third-order valence-corrected chi connectivity index (χ3v) is 5.19. The number of piperazine rings is 1. The van der Waals surface area contributed by atoms with Gasteiger partial charge in [-0.15, -0.1) is 6.42 Å². The number of carbonyl (C=O) groups is 2. The summed E-state index contributed by atoms with van der Waals surface area (Å²) in [5.41, 5.74) is 2.25. The Hall–Kier alpha value is -3.90. The molecule has 3 rings (SSSR count). The molecule has 0 radical (unpaired) electrons. The van der Waals surface area contributed by atoms with Gasteiger partial charge in [0.05, 0.1) is 18.0 Å². The molecular formula is C23H25N5O4. The molecule has 0 bridgehead atoms. The molecule has 0 aromatic heterocycles. The van der Waals surface area contributed by atoms with Crippen LogP contribution in [0.25, 0.3) is 0 Å². The van der Waals surface area contributed by atoms with Gasteiger partial charge in [-0.2, -0.15) is 0 Å². The molecule has 9 nitrogen and oxygen atoms in total. The fraction of sp³-hybridized carbons (Fsp3) is 0.304. The summed E-state index contributed by atoms with van der Waals surface area (Å²) in [6, 6.07) is 13.4. The van der Waals surface area contributed by atoms with Crippen molar-refractivity contribution in [2.75, 3.05) is 56.5 Å². The molecule has 0 spiro atoms. The number of rotatable bonds is 7. The highest BCUT2D eigenvalue weighted by Gasteiger charge is 2.23. The highest BCUT2D eigenvalue weighted by Crippen LogP contribution is 2.20. The predicted molar refractivity (Wildman–Crippen MR) is 122 cm³/mol. The average Bonchev–Trinajstić information content (AvgIpc) is 2.79. The van der Waals surface area contributed by atoms with Gasteiger partial charge >= 0.3 is 0 Å². The van der Waals surface area contributed by atoms with Gasteiger partial charge in [-0.25, -0.2) is 0 Å². The number of nitrogens with zero attached hydrogens (tertiary/aromatic N) is 4. The van der Waals surface area contributed by atoms with Crippen molar-refractivity contribution in [1.29, 1.82) is 0 Å². The van der Waals surface area contributed by atoms with Gasteiger partial charge in [0.25, 0.3) is 5.69 Å². The van der Waals surface area contributed by atoms with E-state index >= 15 is 0 Å². The first-order chi connectivity index (χ1) is 15.4. The molecule has 1 N–H and O–H groups in total. The molecule has 0 saturated carbocycles. The van der Waals surface area contributed by atoms with E-state index in [1.165, 1.54) is 12.1 Å². The molecule has 32 heavy (non-hydrogen) atoms. The molecule has 1 fully saturated rings. The van der Waals surface area contributed by atoms with Gasteiger partial charge in [-0.3, -0.25) is 24.6 Å². The molecule has 1 saturated heterocycles. The van der Waals surface area contributed by atoms with Gasteiger partial charge < -0.3 is 15.1 Å². The van der Waals surface area contributed by atoms with Crippen LogP contribution in [0.2, 0.25) is 0 Å². The Morgan fingerprint density at radius 1 is 1.12 bits per heavy atom. The van der Waals surface area contributed by atoms with Crippen LogP contribution in [0.3, 0.4) is 0 Å². The predicted octanol–water partition coefficient (Wildman–Crippen LogP) is 1.80. The smallest absolute Gasteiger partial charge is 0.269 e. The number of benzene rings is 2. The van der Waals surface area contributed by atoms with Crippen LogP contribution < -0.4 is 10.2 Å². The molecule has 1 aliphatic rings. The summed E-state index contributed by atoms with van der Waals surface area (Å²) in [6.45, 7) is 2.59. The summed E-state index contributed by atoms with van der Waals surface area (Å²) in [4.78, 5) is 40.8. The van der Waals surface area contributed by atoms with Crippen molar-refractivity contribution in [2.45, 2.75) is 0 Å². The van der Waals surface area contributed by atoms with E-state index in [2.05, 4.69) is 16.1 Å². The van der Waals surface area contributed by atoms with Gasteiger partial charge in [0.2, 0.25) is 11.8 Å². The van der Waals surface area contributed by atoms with Crippen molar-refractivity contribution >= 4 is 28.9 Å². The normalized spacial score (nSPS) is 13.5. The lowest BCUT2D eigenvalue weighted by molar-refractivity contribution is -0.384. The molecule has 1 heterocycles. The second-order valence-corrected chi connectivity index (χ2v) is 7.59. The summed E-state index contributed by atoms with van der Waals surface area (Å²) in [7, 11) is 1.72. The number of hydrogen-bond acceptors (Lipinski definition) is 6. The Bertz CT molecular complexity index is 1020. The first kappa shape index (κ1) is 22.8. The topological polar surface area (TPSA) is 99.0 Å². The van der Waals surface area contributed by atoms with E-state index in [1.54, 1.807) is 53.2 Å². The number of carbonyl (C=O) groups excluding carboxylic acids is 2. The molecule has 0 atom stereocenters. The van der Waals surface area contributed by atoms with Crippen LogP contribution in [-0.2, 0) is 9.59 Å². The van der Waals surface area contributed by atoms with Crippen molar-refractivity contribution in [3.63, 3.8) is 0 Å². The number of nitro benzene ring substituents is 1. The quantitative estimate of drug-likeness (QED) is 0.405. The molecule has 9 heteroatoms. The summed E-state index contributed by atoms with van der Waals surface area (Å²) >= 11 is 0. The average molecular weight is 435 g/mol. The van der Waals surface area contributed by atoms with Crippen LogP contribution in [0.4, 0.5) is 17.1 Å². The number of non-ortho nitro benzene ring substituents is 1. The Balaban J connectivity index is 1.44. The van der Waals surface area contributed by atoms with Crippen molar-refractivity contribution in [3.8, 4) is 12.3 Å². The standard InChI is InChI=1S/C23H25N5O4/c1-3-18-5-4-6-19(15-18)24-22(29)16-25(2)17-23(30)27-13-11-26(12-14-27)20-7-9-21(10-8-20)28(31)32/h1,4-10,15H,11-14,16-17H2,2H3,(H,24,29). The van der Waals surface area contributed by atoms with Crippen molar-refractivity contribution in [3.05, 3.63) is 64.2 Å². The third-order valence-electron chi connectivity index (χ3n) is 5.19. The van der Waals surface area contributed by atoms with Crippen LogP contribution >= 0.6 is 0 Å². The van der Waals surface area contributed by atoms with Crippen LogP contribution in [0, 0.1) is 22.5 Å². The first-order valence-electron chi connectivity index (χ1n) is 10.2. The molecule has 166 valence electrons. The summed E-state index contributed by atoms with van der Waals surface area (Å²) < 4.78 is 0. The zero-order valence-corrected chi connectivity index (χ0v) is 17.9. The third kappa shape index (κ3) is 6.06. The molecule has 1 aliphatic heterocycles. The number of nitro groups is 1. The number of nitrogens with one attached hydrogen (secondary N) is 1. The highest BCUT2D eigenvalue weighted by atomic mass is 16.6. The van der Waals surface area contributed by atoms with Gasteiger partial charge in [-0.1, -0.05) is 12.0 Å². The molecular weight excluding hydrogens is 410 g/mol. The maximum Gasteiger partial charge on any atom is 0.269 e. The Labute approximate surface area is 186 Å². The van der Waals surface area contributed by atoms with Gasteiger partial charge in [-0.05, 0) is 37.4 Å². The van der Waals surface area contributed by atoms with Crippen LogP contribution in [0.1, 0.15) is 5.56 Å². The fourth-order valence-corrected chi connectivity index (χ4v) is 3.52. The van der Waals surface area contributed by atoms with Crippen molar-refractivity contribution in [1.82, 2.24) is 9.80 Å². The molecule has 2 aromatic carbocycles. The number of likely N-dealkylation sites (N-methyl/N-ethyl adjacent to an activating group) is 1. The zero-order chi connectivity index (χ0) is 23.1. The van der Waals surface area contributed by atoms with Gasteiger partial charge in [0, 0.05) is 55.2 Å². The van der Waals surface area contributed by atoms with E-state index in [1.807, 2.05) is 0 Å². The monoisotopic (exact) mass is 435 g/mol. The molecule has 0 aliphatic carbocycles. The molecule has 2 aromatic rings. The Kier molecular flexibility index (Phi) is 7.41. The number of hydrogen-bond donors (Lipinski definition) is 1. The summed E-state index contributed by atoms with van der Waals surface area (Å²) in [5.74, 6) is 2.25. The van der Waals surface area contributed by atoms with Gasteiger partial charge in [0.1, 0.15) is 0 Å². The fourth-order valence-electron chi connectivity index (χ4n) is 3.52. The highest BCUT2D eigenvalue weighted by molar-refractivity contribution is 5.92. The number of amides is 2. The lowest BCUT2D eigenvalue weighted by Crippen LogP contribution is -2.51. The van der Waals surface area contributed by atoms with E-state index in [0.717, 1.165) is 5.69 Å². The lowest BCUT2D eigenvalue weighted by atomic mass is 10.2. The van der Waals surface area contributed by atoms with Gasteiger partial charge in [0.15, 0.2) is 0 Å². The minimum absolute atomic E-state index is 0.0435. The van der Waals surface area contributed by atoms with E-state index < -0.39 is 4.92 Å². The second-order valence-electron chi connectivity index (χ2n) is 7.59. The number of terminal acetylenes is 1.